The van der Waals surface area contributed by atoms with Crippen LogP contribution in [0.2, 0.25) is 0 Å². The molecule has 2 fully saturated rings. The largest absolute Gasteiger partial charge is 0.480 e. The predicted octanol–water partition coefficient (Wildman–Crippen LogP) is 3.88. The average Bonchev–Trinajstić information content (AvgIpc) is 3.30. The number of urea groups is 1. The lowest BCUT2D eigenvalue weighted by molar-refractivity contribution is -0.142. The van der Waals surface area contributed by atoms with Crippen LogP contribution in [0.1, 0.15) is 55.8 Å². The number of benzene rings is 2. The van der Waals surface area contributed by atoms with Crippen LogP contribution in [0.3, 0.4) is 0 Å². The topological polar surface area (TPSA) is 125 Å². The monoisotopic (exact) mass is 510 g/mol. The summed E-state index contributed by atoms with van der Waals surface area (Å²) >= 11 is 0. The molecule has 2 aromatic carbocycles. The van der Waals surface area contributed by atoms with Gasteiger partial charge in [0, 0.05) is 32.1 Å². The Morgan fingerprint density at radius 3 is 2.24 bits per heavy atom. The van der Waals surface area contributed by atoms with E-state index in [2.05, 4.69) is 24.4 Å². The van der Waals surface area contributed by atoms with Crippen molar-refractivity contribution in [2.24, 2.45) is 5.73 Å². The fraction of sp³-hybridized carbons (Fsp3) is 0.464. The molecule has 0 bridgehead atoms. The van der Waals surface area contributed by atoms with Gasteiger partial charge in [-0.1, -0.05) is 54.6 Å². The Kier molecular flexibility index (Phi) is 9.15. The molecule has 0 aliphatic carbocycles. The Labute approximate surface area is 218 Å². The molecule has 2 aromatic rings. The lowest BCUT2D eigenvalue weighted by Gasteiger charge is -2.36. The summed E-state index contributed by atoms with van der Waals surface area (Å²) in [6.07, 6.45) is 0.0635. The van der Waals surface area contributed by atoms with Gasteiger partial charge in [-0.05, 0) is 50.8 Å². The number of rotatable bonds is 3. The van der Waals surface area contributed by atoms with Crippen molar-refractivity contribution in [3.05, 3.63) is 71.3 Å². The van der Waals surface area contributed by atoms with Crippen molar-refractivity contribution >= 4 is 18.1 Å². The van der Waals surface area contributed by atoms with Crippen molar-refractivity contribution in [2.45, 2.75) is 57.7 Å². The number of piperazine rings is 1. The van der Waals surface area contributed by atoms with Crippen molar-refractivity contribution in [3.63, 3.8) is 0 Å². The van der Waals surface area contributed by atoms with Gasteiger partial charge in [-0.15, -0.1) is 0 Å². The Hall–Kier alpha value is -3.59. The molecular formula is C28H38N4O5. The third-order valence-corrected chi connectivity index (χ3v) is 6.58. The van der Waals surface area contributed by atoms with Crippen LogP contribution < -0.4 is 11.1 Å². The molecule has 2 unspecified atom stereocenters. The van der Waals surface area contributed by atoms with E-state index in [0.29, 0.717) is 19.5 Å². The van der Waals surface area contributed by atoms with Crippen LogP contribution in [0.5, 0.6) is 0 Å². The molecule has 9 heteroatoms. The van der Waals surface area contributed by atoms with E-state index in [-0.39, 0.29) is 18.0 Å². The van der Waals surface area contributed by atoms with Crippen LogP contribution in [-0.2, 0) is 9.53 Å². The van der Waals surface area contributed by atoms with Gasteiger partial charge in [-0.2, -0.15) is 0 Å². The second kappa shape index (κ2) is 12.1. The van der Waals surface area contributed by atoms with Crippen LogP contribution in [-0.4, -0.2) is 70.8 Å². The number of nitrogens with zero attached hydrogens (tertiary/aromatic N) is 2. The number of likely N-dealkylation sites (tertiary alicyclic amines) is 1. The highest BCUT2D eigenvalue weighted by molar-refractivity contribution is 5.82. The lowest BCUT2D eigenvalue weighted by Crippen LogP contribution is -2.50. The molecule has 0 radical (unpaired) electrons. The van der Waals surface area contributed by atoms with Gasteiger partial charge in [0.1, 0.15) is 11.6 Å². The predicted molar refractivity (Wildman–Crippen MR) is 141 cm³/mol. The molecule has 2 aliphatic heterocycles. The van der Waals surface area contributed by atoms with E-state index in [9.17, 15) is 19.5 Å². The summed E-state index contributed by atoms with van der Waals surface area (Å²) in [5, 5.41) is 12.8. The van der Waals surface area contributed by atoms with E-state index >= 15 is 0 Å². The number of amides is 3. The third kappa shape index (κ3) is 7.22. The van der Waals surface area contributed by atoms with Crippen LogP contribution in [0.15, 0.2) is 54.6 Å². The van der Waals surface area contributed by atoms with Gasteiger partial charge in [0.25, 0.3) is 0 Å². The summed E-state index contributed by atoms with van der Waals surface area (Å²) in [5.74, 6) is -1.19. The molecule has 0 spiro atoms. The summed E-state index contributed by atoms with van der Waals surface area (Å²) in [4.78, 5) is 38.2. The lowest BCUT2D eigenvalue weighted by atomic mass is 9.92. The molecule has 3 amide bonds. The Morgan fingerprint density at radius 1 is 1.00 bits per heavy atom. The number of primary amides is 1. The molecule has 0 saturated carbocycles. The number of hydrogen-bond donors (Lipinski definition) is 3. The first-order chi connectivity index (χ1) is 17.5. The number of nitrogens with two attached hydrogens (primary N) is 1. The van der Waals surface area contributed by atoms with Crippen molar-refractivity contribution in [3.8, 4) is 0 Å². The molecule has 3 atom stereocenters. The number of hydrogen-bond acceptors (Lipinski definition) is 5. The van der Waals surface area contributed by atoms with Crippen molar-refractivity contribution in [1.29, 1.82) is 0 Å². The molecule has 4 N–H and O–H groups in total. The molecule has 9 nitrogen and oxygen atoms in total. The van der Waals surface area contributed by atoms with Gasteiger partial charge >= 0.3 is 18.1 Å². The zero-order valence-electron chi connectivity index (χ0n) is 22.0. The minimum absolute atomic E-state index is 0.0625. The van der Waals surface area contributed by atoms with Gasteiger partial charge in [-0.25, -0.2) is 14.4 Å². The normalized spacial score (nSPS) is 21.6. The van der Waals surface area contributed by atoms with E-state index in [4.69, 9.17) is 10.5 Å². The first-order valence-electron chi connectivity index (χ1n) is 12.6. The maximum Gasteiger partial charge on any atom is 0.411 e. The first-order valence-corrected chi connectivity index (χ1v) is 12.6. The maximum atomic E-state index is 12.2. The molecule has 2 saturated heterocycles. The summed E-state index contributed by atoms with van der Waals surface area (Å²) in [7, 11) is 0. The van der Waals surface area contributed by atoms with E-state index in [1.807, 2.05) is 42.5 Å². The van der Waals surface area contributed by atoms with Crippen molar-refractivity contribution < 1.29 is 24.2 Å². The zero-order valence-corrected chi connectivity index (χ0v) is 22.0. The Morgan fingerprint density at radius 2 is 1.65 bits per heavy atom. The fourth-order valence-corrected chi connectivity index (χ4v) is 4.88. The summed E-state index contributed by atoms with van der Waals surface area (Å²) in [6, 6.07) is 16.4. The van der Waals surface area contributed by atoms with E-state index < -0.39 is 23.7 Å². The standard InChI is InChI=1S/C16H21NO4.C12H17N3O/c1-16(2,3)21-15(20)17-10-9-12(13(17)14(18)19)11-7-5-4-6-8-11;1-9-4-2-3-5-10(9)11-8-14-6-7-15(11)12(13)16/h4-8,12-13H,9-10H2,1-3H3,(H,18,19);2-5,11,14H,6-8H2,1H3,(H2,13,16)/t12?,13-;/m0./s1. The van der Waals surface area contributed by atoms with Crippen LogP contribution in [0.4, 0.5) is 9.59 Å². The smallest absolute Gasteiger partial charge is 0.411 e. The molecule has 2 aliphatic rings. The number of nitrogens with one attached hydrogen (secondary N) is 1. The molecule has 4 rings (SSSR count). The van der Waals surface area contributed by atoms with Gasteiger partial charge < -0.3 is 25.8 Å². The number of aryl methyl sites for hydroxylation is 1. The minimum atomic E-state index is -0.993. The zero-order chi connectivity index (χ0) is 27.2. The van der Waals surface area contributed by atoms with Gasteiger partial charge in [-0.3, -0.25) is 4.90 Å². The summed E-state index contributed by atoms with van der Waals surface area (Å²) in [5.41, 5.74) is 8.08. The second-order valence-electron chi connectivity index (χ2n) is 10.4. The number of carbonyl (C=O) groups excluding carboxylic acids is 2. The molecular weight excluding hydrogens is 472 g/mol. The Balaban J connectivity index is 0.000000213. The van der Waals surface area contributed by atoms with E-state index in [0.717, 1.165) is 18.7 Å². The highest BCUT2D eigenvalue weighted by Gasteiger charge is 2.44. The quantitative estimate of drug-likeness (QED) is 0.575. The number of aliphatic carboxylic acids is 1. The highest BCUT2D eigenvalue weighted by atomic mass is 16.6. The third-order valence-electron chi connectivity index (χ3n) is 6.58. The van der Waals surface area contributed by atoms with Gasteiger partial charge in [0.2, 0.25) is 0 Å². The van der Waals surface area contributed by atoms with E-state index in [1.54, 1.807) is 25.7 Å². The van der Waals surface area contributed by atoms with Crippen molar-refractivity contribution in [2.75, 3.05) is 26.2 Å². The molecule has 37 heavy (non-hydrogen) atoms. The number of carboxylic acid groups (broad SMARTS) is 1. The second-order valence-corrected chi connectivity index (χ2v) is 10.4. The SMILES string of the molecule is CC(C)(C)OC(=O)N1CCC(c2ccccc2)[C@H]1C(=O)O.Cc1ccccc1C1CNCCN1C(N)=O. The first kappa shape index (κ1) is 28.0. The molecule has 0 aromatic heterocycles. The average molecular weight is 511 g/mol. The number of carbonyl (C=O) groups is 3. The number of ether oxygens (including phenoxy) is 1. The fourth-order valence-electron chi connectivity index (χ4n) is 4.88. The minimum Gasteiger partial charge on any atom is -0.480 e. The van der Waals surface area contributed by atoms with Gasteiger partial charge in [0.05, 0.1) is 6.04 Å². The molecule has 2 heterocycles. The number of carboxylic acids is 1. The summed E-state index contributed by atoms with van der Waals surface area (Å²) < 4.78 is 5.31. The summed E-state index contributed by atoms with van der Waals surface area (Å²) in [6.45, 7) is 10.0. The van der Waals surface area contributed by atoms with Crippen molar-refractivity contribution in [1.82, 2.24) is 15.1 Å². The van der Waals surface area contributed by atoms with Gasteiger partial charge in [0.15, 0.2) is 0 Å². The van der Waals surface area contributed by atoms with Crippen LogP contribution >= 0.6 is 0 Å². The van der Waals surface area contributed by atoms with Crippen LogP contribution in [0.25, 0.3) is 0 Å². The Bertz CT molecular complexity index is 1090. The highest BCUT2D eigenvalue weighted by Crippen LogP contribution is 2.34. The molecule has 200 valence electrons. The van der Waals surface area contributed by atoms with E-state index in [1.165, 1.54) is 16.0 Å². The maximum absolute atomic E-state index is 12.2. The van der Waals surface area contributed by atoms with Crippen LogP contribution in [0, 0.1) is 6.92 Å².